The average Bonchev–Trinajstić information content (AvgIpc) is 2.47. The molecule has 0 spiro atoms. The summed E-state index contributed by atoms with van der Waals surface area (Å²) in [6, 6.07) is 4.37. The Kier molecular flexibility index (Phi) is 8.15. The minimum absolute atomic E-state index is 0.135. The van der Waals surface area contributed by atoms with E-state index >= 15 is 0 Å². The van der Waals surface area contributed by atoms with Crippen LogP contribution in [0.4, 0.5) is 4.39 Å². The Bertz CT molecular complexity index is 706. The van der Waals surface area contributed by atoms with Gasteiger partial charge in [-0.25, -0.2) is 12.8 Å². The lowest BCUT2D eigenvalue weighted by atomic mass is 9.84. The highest BCUT2D eigenvalue weighted by Gasteiger charge is 2.23. The van der Waals surface area contributed by atoms with Gasteiger partial charge in [0.15, 0.2) is 5.96 Å². The zero-order valence-electron chi connectivity index (χ0n) is 15.2. The molecule has 0 aromatic heterocycles. The number of aliphatic imine (C=N–C) groups is 1. The van der Waals surface area contributed by atoms with E-state index in [0.29, 0.717) is 37.0 Å². The molecule has 0 heterocycles. The van der Waals surface area contributed by atoms with Gasteiger partial charge in [0.05, 0.1) is 12.3 Å². The Hall–Kier alpha value is -1.34. The first-order valence-electron chi connectivity index (χ1n) is 8.20. The van der Waals surface area contributed by atoms with Gasteiger partial charge in [0, 0.05) is 29.8 Å². The topological polar surface area (TPSA) is 70.6 Å². The third-order valence-corrected chi connectivity index (χ3v) is 4.96. The molecule has 0 radical (unpaired) electrons. The van der Waals surface area contributed by atoms with E-state index in [1.165, 1.54) is 18.4 Å². The molecule has 0 saturated heterocycles. The maximum Gasteiger partial charge on any atom is 0.191 e. The lowest BCUT2D eigenvalue weighted by Crippen LogP contribution is -2.39. The number of halogens is 2. The smallest absolute Gasteiger partial charge is 0.191 e. The van der Waals surface area contributed by atoms with E-state index in [4.69, 9.17) is 11.6 Å². The standard InChI is InChI=1S/C17H27ClFN3O2S/c1-5-20-16(21-9-6-10-25(4,23)24)22-12-17(2,3)14-8-7-13(19)11-15(14)18/h7-8,11H,5-6,9-10,12H2,1-4H3,(H2,20,21,22). The number of guanidine groups is 1. The van der Waals surface area contributed by atoms with Gasteiger partial charge in [-0.15, -0.1) is 0 Å². The first kappa shape index (κ1) is 21.7. The van der Waals surface area contributed by atoms with Crippen LogP contribution >= 0.6 is 11.6 Å². The molecule has 0 fully saturated rings. The SMILES string of the molecule is CCNC(=NCC(C)(C)c1ccc(F)cc1Cl)NCCCS(C)(=O)=O. The summed E-state index contributed by atoms with van der Waals surface area (Å²) >= 11 is 6.16. The summed E-state index contributed by atoms with van der Waals surface area (Å²) in [6.45, 7) is 7.58. The maximum absolute atomic E-state index is 13.2. The highest BCUT2D eigenvalue weighted by Crippen LogP contribution is 2.30. The van der Waals surface area contributed by atoms with Gasteiger partial charge in [-0.05, 0) is 31.0 Å². The number of rotatable bonds is 8. The summed E-state index contributed by atoms with van der Waals surface area (Å²) < 4.78 is 35.5. The Morgan fingerprint density at radius 1 is 1.32 bits per heavy atom. The minimum atomic E-state index is -2.96. The zero-order chi connectivity index (χ0) is 19.1. The minimum Gasteiger partial charge on any atom is -0.357 e. The van der Waals surface area contributed by atoms with Gasteiger partial charge in [0.2, 0.25) is 0 Å². The molecule has 0 aliphatic carbocycles. The lowest BCUT2D eigenvalue weighted by molar-refractivity contribution is 0.534. The predicted octanol–water partition coefficient (Wildman–Crippen LogP) is 2.75. The molecule has 1 rings (SSSR count). The Morgan fingerprint density at radius 2 is 2.00 bits per heavy atom. The second-order valence-corrected chi connectivity index (χ2v) is 9.28. The van der Waals surface area contributed by atoms with Gasteiger partial charge in [-0.3, -0.25) is 4.99 Å². The van der Waals surface area contributed by atoms with Crippen molar-refractivity contribution >= 4 is 27.4 Å². The molecule has 0 saturated carbocycles. The fourth-order valence-corrected chi connectivity index (χ4v) is 3.37. The van der Waals surface area contributed by atoms with Crippen LogP contribution in [0.1, 0.15) is 32.8 Å². The lowest BCUT2D eigenvalue weighted by Gasteiger charge is -2.25. The molecule has 0 amide bonds. The third kappa shape index (κ3) is 8.05. The fourth-order valence-electron chi connectivity index (χ4n) is 2.28. The number of benzene rings is 1. The summed E-state index contributed by atoms with van der Waals surface area (Å²) in [6.07, 6.45) is 1.73. The van der Waals surface area contributed by atoms with Crippen LogP contribution in [0.3, 0.4) is 0 Å². The quantitative estimate of drug-likeness (QED) is 0.406. The van der Waals surface area contributed by atoms with Gasteiger partial charge in [0.1, 0.15) is 15.7 Å². The van der Waals surface area contributed by atoms with Crippen LogP contribution in [-0.2, 0) is 15.3 Å². The van der Waals surface area contributed by atoms with Crippen molar-refractivity contribution in [1.29, 1.82) is 0 Å². The second-order valence-electron chi connectivity index (χ2n) is 6.61. The molecular weight excluding hydrogens is 365 g/mol. The summed E-state index contributed by atoms with van der Waals surface area (Å²) in [5, 5.41) is 6.63. The van der Waals surface area contributed by atoms with E-state index in [9.17, 15) is 12.8 Å². The number of hydrogen-bond acceptors (Lipinski definition) is 3. The first-order chi connectivity index (χ1) is 11.5. The van der Waals surface area contributed by atoms with Crippen molar-refractivity contribution in [3.8, 4) is 0 Å². The summed E-state index contributed by atoms with van der Waals surface area (Å²) in [5.74, 6) is 0.382. The number of hydrogen-bond donors (Lipinski definition) is 2. The molecule has 2 N–H and O–H groups in total. The van der Waals surface area contributed by atoms with Gasteiger partial charge >= 0.3 is 0 Å². The molecule has 0 atom stereocenters. The normalized spacial score (nSPS) is 13.0. The van der Waals surface area contributed by atoms with E-state index in [1.54, 1.807) is 6.07 Å². The fraction of sp³-hybridized carbons (Fsp3) is 0.588. The van der Waals surface area contributed by atoms with Crippen molar-refractivity contribution in [2.24, 2.45) is 4.99 Å². The van der Waals surface area contributed by atoms with Crippen LogP contribution in [0.5, 0.6) is 0 Å². The van der Waals surface area contributed by atoms with E-state index < -0.39 is 9.84 Å². The highest BCUT2D eigenvalue weighted by molar-refractivity contribution is 7.90. The van der Waals surface area contributed by atoms with Crippen LogP contribution in [0.25, 0.3) is 0 Å². The summed E-state index contributed by atoms with van der Waals surface area (Å²) in [5.41, 5.74) is 0.451. The summed E-state index contributed by atoms with van der Waals surface area (Å²) in [7, 11) is -2.96. The molecule has 0 aliphatic heterocycles. The van der Waals surface area contributed by atoms with Crippen molar-refractivity contribution in [1.82, 2.24) is 10.6 Å². The van der Waals surface area contributed by atoms with E-state index in [-0.39, 0.29) is 17.0 Å². The van der Waals surface area contributed by atoms with Crippen LogP contribution in [0.15, 0.2) is 23.2 Å². The predicted molar refractivity (Wildman–Crippen MR) is 103 cm³/mol. The molecule has 8 heteroatoms. The van der Waals surface area contributed by atoms with Crippen molar-refractivity contribution in [2.45, 2.75) is 32.6 Å². The van der Waals surface area contributed by atoms with Crippen molar-refractivity contribution in [2.75, 3.05) is 31.6 Å². The molecule has 142 valence electrons. The Balaban J connectivity index is 2.74. The molecule has 0 bridgehead atoms. The number of nitrogens with zero attached hydrogens (tertiary/aromatic N) is 1. The van der Waals surface area contributed by atoms with E-state index in [2.05, 4.69) is 15.6 Å². The highest BCUT2D eigenvalue weighted by atomic mass is 35.5. The average molecular weight is 392 g/mol. The molecule has 1 aromatic rings. The van der Waals surface area contributed by atoms with Crippen LogP contribution in [0.2, 0.25) is 5.02 Å². The van der Waals surface area contributed by atoms with Crippen LogP contribution < -0.4 is 10.6 Å². The van der Waals surface area contributed by atoms with Gasteiger partial charge in [-0.2, -0.15) is 0 Å². The van der Waals surface area contributed by atoms with Crippen molar-refractivity contribution in [3.63, 3.8) is 0 Å². The largest absolute Gasteiger partial charge is 0.357 e. The van der Waals surface area contributed by atoms with Gasteiger partial charge in [-0.1, -0.05) is 31.5 Å². The second kappa shape index (κ2) is 9.38. The Labute approximate surface area is 155 Å². The monoisotopic (exact) mass is 391 g/mol. The maximum atomic E-state index is 13.2. The van der Waals surface area contributed by atoms with Crippen molar-refractivity contribution < 1.29 is 12.8 Å². The molecular formula is C17H27ClFN3O2S. The molecule has 1 aromatic carbocycles. The molecule has 0 unspecified atom stereocenters. The Morgan fingerprint density at radius 3 is 2.56 bits per heavy atom. The first-order valence-corrected chi connectivity index (χ1v) is 10.6. The molecule has 0 aliphatic rings. The summed E-state index contributed by atoms with van der Waals surface area (Å²) in [4.78, 5) is 4.55. The zero-order valence-corrected chi connectivity index (χ0v) is 16.8. The number of sulfone groups is 1. The van der Waals surface area contributed by atoms with E-state index in [1.807, 2.05) is 20.8 Å². The molecule has 25 heavy (non-hydrogen) atoms. The van der Waals surface area contributed by atoms with Crippen LogP contribution in [0, 0.1) is 5.82 Å². The van der Waals surface area contributed by atoms with Gasteiger partial charge < -0.3 is 10.6 Å². The van der Waals surface area contributed by atoms with E-state index in [0.717, 1.165) is 5.56 Å². The number of nitrogens with one attached hydrogen (secondary N) is 2. The molecule has 5 nitrogen and oxygen atoms in total. The van der Waals surface area contributed by atoms with Crippen LogP contribution in [-0.4, -0.2) is 46.0 Å². The van der Waals surface area contributed by atoms with Crippen molar-refractivity contribution in [3.05, 3.63) is 34.6 Å². The van der Waals surface area contributed by atoms with Gasteiger partial charge in [0.25, 0.3) is 0 Å². The third-order valence-electron chi connectivity index (χ3n) is 3.62.